The maximum Gasteiger partial charge on any atom is 0.106 e. The molecule has 0 radical (unpaired) electrons. The third-order valence-electron chi connectivity index (χ3n) is 2.72. The predicted molar refractivity (Wildman–Crippen MR) is 92.2 cm³/mol. The fraction of sp³-hybridized carbons (Fsp3) is 0.0714. The van der Waals surface area contributed by atoms with E-state index in [1.54, 1.807) is 0 Å². The van der Waals surface area contributed by atoms with E-state index < -0.39 is 0 Å². The lowest BCUT2D eigenvalue weighted by Crippen LogP contribution is -2.12. The number of benzene rings is 2. The average Bonchev–Trinajstić information content (AvgIpc) is 2.33. The fourth-order valence-electron chi connectivity index (χ4n) is 1.71. The molecule has 2 aromatic rings. The molecule has 2 rings (SSSR count). The van der Waals surface area contributed by atoms with Gasteiger partial charge in [-0.05, 0) is 42.8 Å². The second kappa shape index (κ2) is 6.03. The molecule has 0 aliphatic carbocycles. The van der Waals surface area contributed by atoms with E-state index >= 15 is 0 Å². The lowest BCUT2D eigenvalue weighted by atomic mass is 10.1. The molecule has 5 heteroatoms. The van der Waals surface area contributed by atoms with Crippen LogP contribution in [0.25, 0.3) is 0 Å². The Morgan fingerprint density at radius 3 is 2.26 bits per heavy atom. The van der Waals surface area contributed by atoms with Gasteiger partial charge in [0.2, 0.25) is 0 Å². The molecule has 0 saturated heterocycles. The summed E-state index contributed by atoms with van der Waals surface area (Å²) in [5, 5.41) is 3.38. The molecule has 98 valence electrons. The summed E-state index contributed by atoms with van der Waals surface area (Å²) in [7, 11) is 0. The van der Waals surface area contributed by atoms with E-state index in [4.69, 9.17) is 18.0 Å². The van der Waals surface area contributed by atoms with E-state index in [1.165, 1.54) is 0 Å². The van der Waals surface area contributed by atoms with Crippen LogP contribution in [-0.4, -0.2) is 4.99 Å². The van der Waals surface area contributed by atoms with Crippen molar-refractivity contribution in [1.82, 2.24) is 0 Å². The van der Waals surface area contributed by atoms with Crippen LogP contribution in [0.3, 0.4) is 0 Å². The molecule has 0 heterocycles. The Balaban J connectivity index is 2.45. The van der Waals surface area contributed by atoms with Crippen molar-refractivity contribution < 1.29 is 0 Å². The van der Waals surface area contributed by atoms with Gasteiger partial charge in [-0.25, -0.2) is 0 Å². The topological polar surface area (TPSA) is 38.0 Å². The van der Waals surface area contributed by atoms with Gasteiger partial charge in [0.1, 0.15) is 4.99 Å². The molecule has 0 fully saturated rings. The highest BCUT2D eigenvalue weighted by atomic mass is 79.9. The van der Waals surface area contributed by atoms with E-state index in [0.717, 1.165) is 31.4 Å². The number of rotatable bonds is 3. The maximum absolute atomic E-state index is 5.75. The number of anilines is 2. The van der Waals surface area contributed by atoms with Crippen molar-refractivity contribution in [3.05, 3.63) is 56.5 Å². The van der Waals surface area contributed by atoms with Crippen LogP contribution in [0.4, 0.5) is 11.4 Å². The van der Waals surface area contributed by atoms with Crippen LogP contribution in [0.5, 0.6) is 0 Å². The van der Waals surface area contributed by atoms with Gasteiger partial charge in [0.15, 0.2) is 0 Å². The SMILES string of the molecule is Cc1ccc(Br)cc1Nc1cc(Br)ccc1C(N)=S. The molecule has 2 aromatic carbocycles. The summed E-state index contributed by atoms with van der Waals surface area (Å²) in [6.45, 7) is 2.05. The first-order chi connectivity index (χ1) is 8.97. The van der Waals surface area contributed by atoms with Crippen LogP contribution < -0.4 is 11.1 Å². The Morgan fingerprint density at radius 1 is 1.05 bits per heavy atom. The molecular formula is C14H12Br2N2S. The third-order valence-corrected chi connectivity index (χ3v) is 3.92. The van der Waals surface area contributed by atoms with E-state index in [2.05, 4.69) is 37.2 Å². The zero-order valence-electron chi connectivity index (χ0n) is 10.2. The van der Waals surface area contributed by atoms with Gasteiger partial charge in [0.05, 0.1) is 0 Å². The lowest BCUT2D eigenvalue weighted by molar-refractivity contribution is 1.41. The molecule has 0 unspecified atom stereocenters. The number of nitrogens with one attached hydrogen (secondary N) is 1. The van der Waals surface area contributed by atoms with Gasteiger partial charge in [0, 0.05) is 25.9 Å². The van der Waals surface area contributed by atoms with Crippen LogP contribution >= 0.6 is 44.1 Å². The predicted octanol–water partition coefficient (Wildman–Crippen LogP) is 4.90. The first kappa shape index (κ1) is 14.5. The molecule has 2 nitrogen and oxygen atoms in total. The van der Waals surface area contributed by atoms with Crippen LogP contribution in [0, 0.1) is 6.92 Å². The monoisotopic (exact) mass is 398 g/mol. The number of aryl methyl sites for hydroxylation is 1. The van der Waals surface area contributed by atoms with Gasteiger partial charge >= 0.3 is 0 Å². The Labute approximate surface area is 134 Å². The van der Waals surface area contributed by atoms with Crippen molar-refractivity contribution in [3.8, 4) is 0 Å². The van der Waals surface area contributed by atoms with Crippen LogP contribution in [0.15, 0.2) is 45.3 Å². The molecule has 0 aromatic heterocycles. The van der Waals surface area contributed by atoms with Crippen molar-refractivity contribution >= 4 is 60.4 Å². The maximum atomic E-state index is 5.75. The van der Waals surface area contributed by atoms with Crippen molar-refractivity contribution in [2.75, 3.05) is 5.32 Å². The lowest BCUT2D eigenvalue weighted by Gasteiger charge is -2.14. The summed E-state index contributed by atoms with van der Waals surface area (Å²) >= 11 is 12.0. The molecule has 0 spiro atoms. The first-order valence-corrected chi connectivity index (χ1v) is 7.59. The van der Waals surface area contributed by atoms with Crippen LogP contribution in [0.2, 0.25) is 0 Å². The highest BCUT2D eigenvalue weighted by molar-refractivity contribution is 9.10. The van der Waals surface area contributed by atoms with Crippen molar-refractivity contribution in [1.29, 1.82) is 0 Å². The molecular weight excluding hydrogens is 388 g/mol. The van der Waals surface area contributed by atoms with Gasteiger partial charge in [-0.15, -0.1) is 0 Å². The van der Waals surface area contributed by atoms with Crippen molar-refractivity contribution in [2.24, 2.45) is 5.73 Å². The van der Waals surface area contributed by atoms with Crippen molar-refractivity contribution in [2.45, 2.75) is 6.92 Å². The summed E-state index contributed by atoms with van der Waals surface area (Å²) in [6, 6.07) is 11.9. The van der Waals surface area contributed by atoms with E-state index in [1.807, 2.05) is 43.3 Å². The summed E-state index contributed by atoms with van der Waals surface area (Å²) in [5.74, 6) is 0. The Kier molecular flexibility index (Phi) is 4.60. The summed E-state index contributed by atoms with van der Waals surface area (Å²) in [4.78, 5) is 0.377. The van der Waals surface area contributed by atoms with Gasteiger partial charge in [-0.1, -0.05) is 50.1 Å². The standard InChI is InChI=1S/C14H12Br2N2S/c1-8-2-3-9(15)6-12(8)18-13-7-10(16)4-5-11(13)14(17)19/h2-7,18H,1H3,(H2,17,19). The number of hydrogen-bond donors (Lipinski definition) is 2. The van der Waals surface area contributed by atoms with E-state index in [-0.39, 0.29) is 0 Å². The average molecular weight is 400 g/mol. The summed E-state index contributed by atoms with van der Waals surface area (Å²) < 4.78 is 2.00. The molecule has 0 atom stereocenters. The van der Waals surface area contributed by atoms with Crippen LogP contribution in [0.1, 0.15) is 11.1 Å². The second-order valence-corrected chi connectivity index (χ2v) is 6.41. The summed E-state index contributed by atoms with van der Waals surface area (Å²) in [5.41, 5.74) is 9.64. The smallest absolute Gasteiger partial charge is 0.106 e. The molecule has 0 aliphatic rings. The van der Waals surface area contributed by atoms with Crippen molar-refractivity contribution in [3.63, 3.8) is 0 Å². The largest absolute Gasteiger partial charge is 0.389 e. The van der Waals surface area contributed by atoms with Gasteiger partial charge < -0.3 is 11.1 Å². The molecule has 0 saturated carbocycles. The number of nitrogens with two attached hydrogens (primary N) is 1. The zero-order chi connectivity index (χ0) is 14.0. The quantitative estimate of drug-likeness (QED) is 0.721. The highest BCUT2D eigenvalue weighted by Gasteiger charge is 2.08. The van der Waals surface area contributed by atoms with E-state index in [0.29, 0.717) is 4.99 Å². The number of halogens is 2. The molecule has 19 heavy (non-hydrogen) atoms. The minimum Gasteiger partial charge on any atom is -0.389 e. The highest BCUT2D eigenvalue weighted by Crippen LogP contribution is 2.28. The van der Waals surface area contributed by atoms with E-state index in [9.17, 15) is 0 Å². The number of hydrogen-bond acceptors (Lipinski definition) is 2. The number of thiocarbonyl (C=S) groups is 1. The van der Waals surface area contributed by atoms with Gasteiger partial charge in [-0.3, -0.25) is 0 Å². The normalized spacial score (nSPS) is 10.3. The summed E-state index contributed by atoms with van der Waals surface area (Å²) in [6.07, 6.45) is 0. The first-order valence-electron chi connectivity index (χ1n) is 5.60. The molecule has 3 N–H and O–H groups in total. The third kappa shape index (κ3) is 3.55. The Hall–Kier alpha value is -0.910. The minimum absolute atomic E-state index is 0.377. The van der Waals surface area contributed by atoms with Gasteiger partial charge in [0.25, 0.3) is 0 Å². The Morgan fingerprint density at radius 2 is 1.63 bits per heavy atom. The molecule has 0 aliphatic heterocycles. The zero-order valence-corrected chi connectivity index (χ0v) is 14.2. The minimum atomic E-state index is 0.377. The molecule has 0 amide bonds. The van der Waals surface area contributed by atoms with Crippen LogP contribution in [-0.2, 0) is 0 Å². The van der Waals surface area contributed by atoms with Gasteiger partial charge in [-0.2, -0.15) is 0 Å². The Bertz CT molecular complexity index is 641. The fourth-order valence-corrected chi connectivity index (χ4v) is 2.61. The molecule has 0 bridgehead atoms. The second-order valence-electron chi connectivity index (χ2n) is 4.14.